The Hall–Kier alpha value is -3.02. The summed E-state index contributed by atoms with van der Waals surface area (Å²) >= 11 is 0.670. The number of halogens is 3. The molecule has 2 aromatic heterocycles. The Labute approximate surface area is 141 Å². The number of carbonyl (C=O) groups is 1. The van der Waals surface area contributed by atoms with Crippen LogP contribution in [0.1, 0.15) is 16.2 Å². The third kappa shape index (κ3) is 3.15. The lowest BCUT2D eigenvalue weighted by Gasteiger charge is -2.06. The predicted molar refractivity (Wildman–Crippen MR) is 82.4 cm³/mol. The molecule has 0 radical (unpaired) electrons. The Morgan fingerprint density at radius 1 is 1.40 bits per heavy atom. The van der Waals surface area contributed by atoms with E-state index in [2.05, 4.69) is 15.3 Å². The number of amides is 1. The summed E-state index contributed by atoms with van der Waals surface area (Å²) in [6, 6.07) is 3.87. The third-order valence-electron chi connectivity index (χ3n) is 3.29. The zero-order chi connectivity index (χ0) is 18.4. The Balaban J connectivity index is 1.91. The van der Waals surface area contributed by atoms with Crippen molar-refractivity contribution in [1.82, 2.24) is 14.5 Å². The predicted octanol–water partition coefficient (Wildman–Crippen LogP) is 3.21. The second kappa shape index (κ2) is 5.81. The van der Waals surface area contributed by atoms with Crippen LogP contribution in [0, 0.1) is 10.1 Å². The van der Waals surface area contributed by atoms with Crippen molar-refractivity contribution in [2.75, 3.05) is 5.32 Å². The maximum absolute atomic E-state index is 12.9. The molecule has 0 saturated heterocycles. The van der Waals surface area contributed by atoms with E-state index in [9.17, 15) is 28.1 Å². The number of hydrogen-bond donors (Lipinski definition) is 1. The minimum absolute atomic E-state index is 0.0118. The Bertz CT molecular complexity index is 995. The molecular weight excluding hydrogens is 363 g/mol. The van der Waals surface area contributed by atoms with Crippen molar-refractivity contribution in [3.63, 3.8) is 0 Å². The molecule has 130 valence electrons. The van der Waals surface area contributed by atoms with Crippen LogP contribution in [0.2, 0.25) is 0 Å². The number of fused-ring (bicyclic) bond motifs is 1. The standard InChI is InChI=1S/C13H8F3N5O3S/c1-20-8-4-6(2-3-7(8)18-11(20)13(14,15)16)10(22)19-12-17-5-9(25-12)21(23)24/h2-5H,1H3,(H,17,19,22). The number of carbonyl (C=O) groups excluding carboxylic acids is 1. The van der Waals surface area contributed by atoms with Gasteiger partial charge in [0.15, 0.2) is 5.13 Å². The highest BCUT2D eigenvalue weighted by atomic mass is 32.1. The maximum Gasteiger partial charge on any atom is 0.449 e. The molecule has 3 aromatic rings. The summed E-state index contributed by atoms with van der Waals surface area (Å²) in [5, 5.41) is 12.7. The molecule has 8 nitrogen and oxygen atoms in total. The molecule has 0 bridgehead atoms. The average Bonchev–Trinajstić information content (AvgIpc) is 3.11. The number of imidazole rings is 1. The second-order valence-corrected chi connectivity index (χ2v) is 5.92. The van der Waals surface area contributed by atoms with E-state index in [1.54, 1.807) is 0 Å². The SMILES string of the molecule is Cn1c(C(F)(F)F)nc2ccc(C(=O)Nc3ncc([N+](=O)[O-])s3)cc21. The van der Waals surface area contributed by atoms with E-state index < -0.39 is 22.8 Å². The minimum Gasteiger partial charge on any atom is -0.323 e. The molecule has 0 spiro atoms. The van der Waals surface area contributed by atoms with Gasteiger partial charge in [0.25, 0.3) is 5.91 Å². The van der Waals surface area contributed by atoms with Crippen LogP contribution in [-0.4, -0.2) is 25.4 Å². The fraction of sp³-hybridized carbons (Fsp3) is 0.154. The highest BCUT2D eigenvalue weighted by Gasteiger charge is 2.36. The molecular formula is C13H8F3N5O3S. The number of thiazole rings is 1. The fourth-order valence-electron chi connectivity index (χ4n) is 2.16. The summed E-state index contributed by atoms with van der Waals surface area (Å²) in [4.78, 5) is 29.3. The first-order valence-electron chi connectivity index (χ1n) is 6.62. The Morgan fingerprint density at radius 3 is 2.72 bits per heavy atom. The van der Waals surface area contributed by atoms with Crippen LogP contribution in [0.25, 0.3) is 11.0 Å². The Kier molecular flexibility index (Phi) is 3.91. The van der Waals surface area contributed by atoms with Crippen molar-refractivity contribution >= 4 is 38.4 Å². The first-order valence-corrected chi connectivity index (χ1v) is 7.43. The molecule has 3 rings (SSSR count). The van der Waals surface area contributed by atoms with Gasteiger partial charge in [0.2, 0.25) is 5.82 Å². The van der Waals surface area contributed by atoms with Crippen molar-refractivity contribution in [1.29, 1.82) is 0 Å². The van der Waals surface area contributed by atoms with Crippen LogP contribution >= 0.6 is 11.3 Å². The topological polar surface area (TPSA) is 103 Å². The van der Waals surface area contributed by atoms with Crippen molar-refractivity contribution in [2.24, 2.45) is 7.05 Å². The molecule has 0 atom stereocenters. The van der Waals surface area contributed by atoms with E-state index in [0.717, 1.165) is 10.8 Å². The van der Waals surface area contributed by atoms with E-state index in [1.165, 1.54) is 25.2 Å². The van der Waals surface area contributed by atoms with Gasteiger partial charge in [-0.1, -0.05) is 0 Å². The number of alkyl halides is 3. The molecule has 25 heavy (non-hydrogen) atoms. The van der Waals surface area contributed by atoms with Crippen molar-refractivity contribution < 1.29 is 22.9 Å². The first kappa shape index (κ1) is 16.8. The van der Waals surface area contributed by atoms with Gasteiger partial charge in [-0.3, -0.25) is 20.2 Å². The summed E-state index contributed by atoms with van der Waals surface area (Å²) in [6.45, 7) is 0. The molecule has 0 aliphatic carbocycles. The zero-order valence-corrected chi connectivity index (χ0v) is 13.2. The molecule has 2 heterocycles. The number of nitro groups is 1. The smallest absolute Gasteiger partial charge is 0.323 e. The number of aromatic nitrogens is 3. The summed E-state index contributed by atoms with van der Waals surface area (Å²) < 4.78 is 39.5. The average molecular weight is 371 g/mol. The van der Waals surface area contributed by atoms with Crippen LogP contribution in [0.4, 0.5) is 23.3 Å². The monoisotopic (exact) mass is 371 g/mol. The zero-order valence-electron chi connectivity index (χ0n) is 12.4. The van der Waals surface area contributed by atoms with Gasteiger partial charge in [0, 0.05) is 12.6 Å². The Morgan fingerprint density at radius 2 is 2.12 bits per heavy atom. The van der Waals surface area contributed by atoms with Crippen molar-refractivity contribution in [3.05, 3.63) is 45.9 Å². The largest absolute Gasteiger partial charge is 0.449 e. The van der Waals surface area contributed by atoms with Crippen LogP contribution in [0.5, 0.6) is 0 Å². The number of anilines is 1. The normalized spacial score (nSPS) is 11.7. The number of aryl methyl sites for hydroxylation is 1. The van der Waals surface area contributed by atoms with Crippen LogP contribution in [-0.2, 0) is 13.2 Å². The van der Waals surface area contributed by atoms with Crippen LogP contribution in [0.3, 0.4) is 0 Å². The number of nitrogens with zero attached hydrogens (tertiary/aromatic N) is 4. The minimum atomic E-state index is -4.62. The number of benzene rings is 1. The van der Waals surface area contributed by atoms with E-state index in [0.29, 0.717) is 11.3 Å². The highest BCUT2D eigenvalue weighted by molar-refractivity contribution is 7.18. The quantitative estimate of drug-likeness (QED) is 0.562. The molecule has 0 aliphatic heterocycles. The van der Waals surface area contributed by atoms with Gasteiger partial charge in [0.1, 0.15) is 6.20 Å². The van der Waals surface area contributed by atoms with E-state index in [4.69, 9.17) is 0 Å². The van der Waals surface area contributed by atoms with Crippen LogP contribution < -0.4 is 5.32 Å². The third-order valence-corrected chi connectivity index (χ3v) is 4.15. The lowest BCUT2D eigenvalue weighted by molar-refractivity contribution is -0.380. The first-order chi connectivity index (χ1) is 11.7. The number of nitrogens with one attached hydrogen (secondary N) is 1. The van der Waals surface area contributed by atoms with Gasteiger partial charge < -0.3 is 4.57 Å². The molecule has 1 aromatic carbocycles. The van der Waals surface area contributed by atoms with Crippen molar-refractivity contribution in [3.8, 4) is 0 Å². The fourth-order valence-corrected chi connectivity index (χ4v) is 2.79. The summed E-state index contributed by atoms with van der Waals surface area (Å²) in [6.07, 6.45) is -3.61. The molecule has 12 heteroatoms. The lowest BCUT2D eigenvalue weighted by Crippen LogP contribution is -2.13. The van der Waals surface area contributed by atoms with E-state index in [1.807, 2.05) is 0 Å². The lowest BCUT2D eigenvalue weighted by atomic mass is 10.2. The summed E-state index contributed by atoms with van der Waals surface area (Å²) in [5.74, 6) is -1.73. The van der Waals surface area contributed by atoms with Gasteiger partial charge in [-0.2, -0.15) is 13.2 Å². The van der Waals surface area contributed by atoms with E-state index >= 15 is 0 Å². The summed E-state index contributed by atoms with van der Waals surface area (Å²) in [7, 11) is 1.20. The van der Waals surface area contributed by atoms with Gasteiger partial charge in [-0.15, -0.1) is 0 Å². The second-order valence-electron chi connectivity index (χ2n) is 4.91. The molecule has 0 saturated carbocycles. The summed E-state index contributed by atoms with van der Waals surface area (Å²) in [5.41, 5.74) is 0.295. The highest BCUT2D eigenvalue weighted by Crippen LogP contribution is 2.31. The van der Waals surface area contributed by atoms with Gasteiger partial charge in [-0.05, 0) is 29.5 Å². The van der Waals surface area contributed by atoms with Gasteiger partial charge in [-0.25, -0.2) is 9.97 Å². The number of rotatable bonds is 3. The van der Waals surface area contributed by atoms with Gasteiger partial charge in [0.05, 0.1) is 16.0 Å². The maximum atomic E-state index is 12.9. The van der Waals surface area contributed by atoms with Crippen molar-refractivity contribution in [2.45, 2.75) is 6.18 Å². The number of hydrogen-bond acceptors (Lipinski definition) is 6. The molecule has 0 aliphatic rings. The molecule has 1 N–H and O–H groups in total. The van der Waals surface area contributed by atoms with Gasteiger partial charge >= 0.3 is 11.2 Å². The van der Waals surface area contributed by atoms with Crippen LogP contribution in [0.15, 0.2) is 24.4 Å². The van der Waals surface area contributed by atoms with E-state index in [-0.39, 0.29) is 26.7 Å². The molecule has 0 fully saturated rings. The molecule has 0 unspecified atom stereocenters. The molecule has 1 amide bonds.